The molecule has 2 unspecified atom stereocenters. The van der Waals surface area contributed by atoms with Gasteiger partial charge in [-0.3, -0.25) is 9.59 Å². The van der Waals surface area contributed by atoms with E-state index in [-0.39, 0.29) is 13.2 Å². The van der Waals surface area contributed by atoms with Gasteiger partial charge in [0.2, 0.25) is 0 Å². The van der Waals surface area contributed by atoms with Crippen LogP contribution in [0.5, 0.6) is 11.5 Å². The van der Waals surface area contributed by atoms with Gasteiger partial charge in [-0.25, -0.2) is 9.97 Å². The monoisotopic (exact) mass is 934 g/mol. The number of aromatic nitrogens is 4. The number of halogens is 2. The maximum atomic E-state index is 12.0. The predicted octanol–water partition coefficient (Wildman–Crippen LogP) is 12.5. The van der Waals surface area contributed by atoms with E-state index in [1.165, 1.54) is 0 Å². The third-order valence-corrected chi connectivity index (χ3v) is 12.6. The lowest BCUT2D eigenvalue weighted by molar-refractivity contribution is -0.147. The fraction of sp³-hybridized carbons (Fsp3) is 0.292. The number of hydrogen-bond acceptors (Lipinski definition) is 6. The summed E-state index contributed by atoms with van der Waals surface area (Å²) in [5, 5.41) is 19.6. The number of nitrogens with one attached hydrogen (secondary N) is 2. The summed E-state index contributed by atoms with van der Waals surface area (Å²) in [4.78, 5) is 41.4. The van der Waals surface area contributed by atoms with Crippen LogP contribution in [0, 0.1) is 22.7 Å². The summed E-state index contributed by atoms with van der Waals surface area (Å²) in [5.74, 6) is -1.47. The minimum Gasteiger partial charge on any atom is -0.494 e. The van der Waals surface area contributed by atoms with Crippen LogP contribution in [0.2, 0.25) is 0 Å². The third kappa shape index (κ3) is 9.29. The molecule has 0 fully saturated rings. The normalized spacial score (nSPS) is 13.6. The van der Waals surface area contributed by atoms with Crippen LogP contribution in [-0.4, -0.2) is 55.3 Å². The Bertz CT molecular complexity index is 2510. The molecule has 2 aromatic carbocycles. The molecule has 60 heavy (non-hydrogen) atoms. The summed E-state index contributed by atoms with van der Waals surface area (Å²) >= 11 is 7.71. The van der Waals surface area contributed by atoms with Crippen LogP contribution in [0.25, 0.3) is 68.6 Å². The second-order valence-electron chi connectivity index (χ2n) is 17.2. The first-order valence-electron chi connectivity index (χ1n) is 19.9. The lowest BCUT2D eigenvalue weighted by Crippen LogP contribution is -2.29. The first kappa shape index (κ1) is 42.7. The molecule has 0 amide bonds. The van der Waals surface area contributed by atoms with Crippen LogP contribution in [-0.2, 0) is 9.59 Å². The van der Waals surface area contributed by atoms with E-state index in [0.717, 1.165) is 76.0 Å². The number of carbonyl (C=O) groups is 2. The molecule has 5 heterocycles. The van der Waals surface area contributed by atoms with Crippen molar-refractivity contribution >= 4 is 90.2 Å². The maximum absolute atomic E-state index is 12.0. The zero-order valence-electron chi connectivity index (χ0n) is 34.4. The first-order chi connectivity index (χ1) is 28.5. The number of ether oxygens (including phenoxy) is 2. The molecule has 3 aromatic heterocycles. The Labute approximate surface area is 366 Å². The van der Waals surface area contributed by atoms with Gasteiger partial charge in [0.1, 0.15) is 11.5 Å². The summed E-state index contributed by atoms with van der Waals surface area (Å²) in [6.45, 7) is 12.1. The molecule has 310 valence electrons. The number of H-pyrrole nitrogens is 2. The van der Waals surface area contributed by atoms with Crippen LogP contribution >= 0.6 is 31.9 Å². The molecule has 0 saturated heterocycles. The zero-order chi connectivity index (χ0) is 42.9. The molecule has 4 N–H and O–H groups in total. The van der Waals surface area contributed by atoms with Gasteiger partial charge in [-0.2, -0.15) is 0 Å². The van der Waals surface area contributed by atoms with Gasteiger partial charge in [0.05, 0.1) is 67.8 Å². The number of carboxylic acid groups (broad SMARTS) is 2. The van der Waals surface area contributed by atoms with Crippen LogP contribution in [0.1, 0.15) is 77.2 Å². The van der Waals surface area contributed by atoms with E-state index in [0.29, 0.717) is 24.3 Å². The Balaban J connectivity index is 1.32. The van der Waals surface area contributed by atoms with Gasteiger partial charge in [0.15, 0.2) is 0 Å². The minimum absolute atomic E-state index is 0.264. The highest BCUT2D eigenvalue weighted by Crippen LogP contribution is 2.38. The molecule has 2 aliphatic heterocycles. The van der Waals surface area contributed by atoms with Crippen LogP contribution in [0.4, 0.5) is 0 Å². The Kier molecular flexibility index (Phi) is 12.3. The number of hydrogen-bond donors (Lipinski definition) is 4. The molecule has 8 bridgehead atoms. The predicted molar refractivity (Wildman–Crippen MR) is 247 cm³/mol. The van der Waals surface area contributed by atoms with Crippen molar-refractivity contribution in [3.8, 4) is 33.8 Å². The van der Waals surface area contributed by atoms with Crippen LogP contribution in [0.15, 0.2) is 81.7 Å². The minimum atomic E-state index is -0.826. The average Bonchev–Trinajstić information content (AvgIpc) is 4.03. The van der Waals surface area contributed by atoms with E-state index in [4.69, 9.17) is 19.4 Å². The van der Waals surface area contributed by atoms with Crippen molar-refractivity contribution < 1.29 is 29.3 Å². The molecule has 0 radical (unpaired) electrons. The van der Waals surface area contributed by atoms with Crippen molar-refractivity contribution in [2.45, 2.75) is 54.4 Å². The lowest BCUT2D eigenvalue weighted by Gasteiger charge is -2.26. The number of rotatable bonds is 12. The third-order valence-electron chi connectivity index (χ3n) is 10.9. The Hall–Kier alpha value is -5.46. The standard InChI is InChI=1S/C48H48Br2N4O6/c1-47(2,3)31(45(55)56)21-23-59-29-11-7-9-27(25-29)41-33-13-17-37(51-33)43(49)39-19-15-35(53-39)42(36-16-20-40(54-36)44(50)38-18-14-34(41)52-38)28-10-8-12-30(26-28)60-24-22-32(46(57)58)48(4,5)6/h7-20,25-26,31-32,51,54H,21-24H2,1-6H3,(H,55,56)(H,57,58). The Morgan fingerprint density at radius 3 is 1.32 bits per heavy atom. The van der Waals surface area contributed by atoms with Crippen molar-refractivity contribution in [2.24, 2.45) is 22.7 Å². The summed E-state index contributed by atoms with van der Waals surface area (Å²) in [6, 6.07) is 23.6. The molecule has 5 aromatic rings. The van der Waals surface area contributed by atoms with Gasteiger partial charge in [-0.1, -0.05) is 65.8 Å². The van der Waals surface area contributed by atoms with Gasteiger partial charge in [0, 0.05) is 22.2 Å². The zero-order valence-corrected chi connectivity index (χ0v) is 37.6. The SMILES string of the molecule is CC(C)(C)C(CCOc1cccc(-c2c3nc(c(Br)c4ccc([nH]4)c(-c4cccc(OCCC(C(=O)O)C(C)(C)C)c4)c4nc(c(Br)c5ccc2[nH]5)C=C4)C=C3)c1)C(=O)O. The van der Waals surface area contributed by atoms with E-state index in [2.05, 4.69) is 41.8 Å². The molecule has 2 aliphatic rings. The van der Waals surface area contributed by atoms with Crippen molar-refractivity contribution in [2.75, 3.05) is 13.2 Å². The molecular weight excluding hydrogens is 888 g/mol. The summed E-state index contributed by atoms with van der Waals surface area (Å²) in [6.07, 6.45) is 8.71. The molecule has 10 nitrogen and oxygen atoms in total. The number of aliphatic carboxylic acids is 2. The molecule has 2 atom stereocenters. The number of benzene rings is 2. The van der Waals surface area contributed by atoms with Gasteiger partial charge in [-0.15, -0.1) is 0 Å². The van der Waals surface area contributed by atoms with E-state index in [9.17, 15) is 19.8 Å². The second kappa shape index (κ2) is 17.3. The number of carboxylic acids is 2. The quantitative estimate of drug-likeness (QED) is 0.0946. The maximum Gasteiger partial charge on any atom is 0.307 e. The Morgan fingerprint density at radius 1 is 0.583 bits per heavy atom. The summed E-state index contributed by atoms with van der Waals surface area (Å²) < 4.78 is 13.9. The van der Waals surface area contributed by atoms with Crippen molar-refractivity contribution in [1.82, 2.24) is 19.9 Å². The largest absolute Gasteiger partial charge is 0.494 e. The van der Waals surface area contributed by atoms with E-state index >= 15 is 0 Å². The lowest BCUT2D eigenvalue weighted by atomic mass is 9.79. The van der Waals surface area contributed by atoms with E-state index < -0.39 is 34.6 Å². The average molecular weight is 937 g/mol. The van der Waals surface area contributed by atoms with Crippen LogP contribution in [0.3, 0.4) is 0 Å². The highest BCUT2D eigenvalue weighted by atomic mass is 79.9. The number of aromatic amines is 2. The molecule has 0 saturated carbocycles. The van der Waals surface area contributed by atoms with Gasteiger partial charge in [-0.05, 0) is 139 Å². The first-order valence-corrected chi connectivity index (χ1v) is 21.5. The smallest absolute Gasteiger partial charge is 0.307 e. The highest BCUT2D eigenvalue weighted by molar-refractivity contribution is 9.11. The number of fused-ring (bicyclic) bond motifs is 8. The van der Waals surface area contributed by atoms with Gasteiger partial charge >= 0.3 is 11.9 Å². The van der Waals surface area contributed by atoms with Crippen molar-refractivity contribution in [3.63, 3.8) is 0 Å². The van der Waals surface area contributed by atoms with E-state index in [1.54, 1.807) is 0 Å². The Morgan fingerprint density at radius 2 is 0.950 bits per heavy atom. The van der Waals surface area contributed by atoms with E-state index in [1.807, 2.05) is 139 Å². The fourth-order valence-corrected chi connectivity index (χ4v) is 8.57. The molecular formula is C48H48Br2N4O6. The van der Waals surface area contributed by atoms with Crippen molar-refractivity contribution in [1.29, 1.82) is 0 Å². The topological polar surface area (TPSA) is 150 Å². The van der Waals surface area contributed by atoms with Gasteiger partial charge in [0.25, 0.3) is 0 Å². The summed E-state index contributed by atoms with van der Waals surface area (Å²) in [7, 11) is 0. The van der Waals surface area contributed by atoms with Crippen molar-refractivity contribution in [3.05, 3.63) is 105 Å². The molecule has 7 rings (SSSR count). The molecule has 12 heteroatoms. The number of nitrogens with zero attached hydrogens (tertiary/aromatic N) is 2. The molecule has 0 aliphatic carbocycles. The fourth-order valence-electron chi connectivity index (χ4n) is 7.67. The summed E-state index contributed by atoms with van der Waals surface area (Å²) in [5.41, 5.74) is 8.96. The van der Waals surface area contributed by atoms with Gasteiger partial charge < -0.3 is 29.7 Å². The second-order valence-corrected chi connectivity index (χ2v) is 18.8. The molecule has 0 spiro atoms. The van der Waals surface area contributed by atoms with Crippen LogP contribution < -0.4 is 9.47 Å². The highest BCUT2D eigenvalue weighted by Gasteiger charge is 2.32.